The summed E-state index contributed by atoms with van der Waals surface area (Å²) in [7, 11) is 0. The van der Waals surface area contributed by atoms with Gasteiger partial charge in [-0.15, -0.1) is 0 Å². The summed E-state index contributed by atoms with van der Waals surface area (Å²) in [6.45, 7) is 13.8. The van der Waals surface area contributed by atoms with E-state index in [2.05, 4.69) is 49.4 Å². The van der Waals surface area contributed by atoms with Crippen LogP contribution in [0.4, 0.5) is 0 Å². The molecule has 0 aliphatic carbocycles. The van der Waals surface area contributed by atoms with Crippen molar-refractivity contribution < 1.29 is 9.53 Å². The van der Waals surface area contributed by atoms with Gasteiger partial charge in [-0.1, -0.05) is 32.9 Å². The maximum absolute atomic E-state index is 12.2. The molecule has 0 aliphatic rings. The number of hydrogen-bond acceptors (Lipinski definition) is 3. The summed E-state index contributed by atoms with van der Waals surface area (Å²) in [6, 6.07) is 8.20. The zero-order valence-electron chi connectivity index (χ0n) is 16.8. The van der Waals surface area contributed by atoms with Crippen molar-refractivity contribution in [2.45, 2.75) is 54.0 Å². The maximum atomic E-state index is 12.2. The van der Waals surface area contributed by atoms with Crippen molar-refractivity contribution in [2.75, 3.05) is 13.2 Å². The molecule has 0 fully saturated rings. The van der Waals surface area contributed by atoms with Crippen LogP contribution < -0.4 is 10.1 Å². The van der Waals surface area contributed by atoms with E-state index >= 15 is 0 Å². The van der Waals surface area contributed by atoms with Gasteiger partial charge in [0.05, 0.1) is 5.69 Å². The number of aromatic nitrogens is 2. The van der Waals surface area contributed by atoms with Gasteiger partial charge in [-0.05, 0) is 55.9 Å². The summed E-state index contributed by atoms with van der Waals surface area (Å²) in [6.07, 6.45) is 0. The number of carbonyl (C=O) groups is 1. The molecule has 0 bridgehead atoms. The third kappa shape index (κ3) is 5.61. The van der Waals surface area contributed by atoms with Crippen molar-refractivity contribution in [3.63, 3.8) is 0 Å². The molecule has 1 aromatic heterocycles. The average molecular weight is 357 g/mol. The van der Waals surface area contributed by atoms with E-state index in [0.29, 0.717) is 18.4 Å². The van der Waals surface area contributed by atoms with Gasteiger partial charge >= 0.3 is 0 Å². The quantitative estimate of drug-likeness (QED) is 0.782. The summed E-state index contributed by atoms with van der Waals surface area (Å²) in [5.41, 5.74) is 4.42. The summed E-state index contributed by atoms with van der Waals surface area (Å²) in [5, 5.41) is 7.42. The Bertz CT molecular complexity index is 750. The first-order chi connectivity index (χ1) is 12.3. The normalized spacial score (nSPS) is 12.3. The van der Waals surface area contributed by atoms with Crippen LogP contribution in [-0.4, -0.2) is 28.8 Å². The fourth-order valence-corrected chi connectivity index (χ4v) is 2.95. The van der Waals surface area contributed by atoms with Gasteiger partial charge in [0, 0.05) is 18.8 Å². The van der Waals surface area contributed by atoms with E-state index in [0.717, 1.165) is 34.8 Å². The fraction of sp³-hybridized carbons (Fsp3) is 0.524. The monoisotopic (exact) mass is 357 g/mol. The van der Waals surface area contributed by atoms with Crippen molar-refractivity contribution in [3.8, 4) is 5.75 Å². The van der Waals surface area contributed by atoms with Crippen LogP contribution in [0, 0.1) is 26.7 Å². The molecule has 142 valence electrons. The Labute approximate surface area is 156 Å². The number of carbonyl (C=O) groups excluding carboxylic acids is 1. The van der Waals surface area contributed by atoms with Crippen molar-refractivity contribution in [2.24, 2.45) is 5.92 Å². The molecule has 1 N–H and O–H groups in total. The van der Waals surface area contributed by atoms with Gasteiger partial charge in [0.1, 0.15) is 5.75 Å². The van der Waals surface area contributed by atoms with Gasteiger partial charge in [0.2, 0.25) is 0 Å². The Morgan fingerprint density at radius 1 is 1.19 bits per heavy atom. The number of amides is 1. The number of rotatable bonds is 8. The zero-order chi connectivity index (χ0) is 19.3. The van der Waals surface area contributed by atoms with Crippen LogP contribution in [-0.2, 0) is 11.3 Å². The molecule has 1 aromatic carbocycles. The highest BCUT2D eigenvalue weighted by molar-refractivity contribution is 5.77. The molecular weight excluding hydrogens is 326 g/mol. The molecule has 2 rings (SSSR count). The third-order valence-electron chi connectivity index (χ3n) is 4.39. The van der Waals surface area contributed by atoms with E-state index in [1.807, 2.05) is 31.5 Å². The Morgan fingerprint density at radius 3 is 2.54 bits per heavy atom. The Balaban J connectivity index is 1.82. The molecular formula is C21H31N3O2. The van der Waals surface area contributed by atoms with Gasteiger partial charge < -0.3 is 10.1 Å². The molecule has 0 aliphatic heterocycles. The highest BCUT2D eigenvalue weighted by atomic mass is 16.5. The largest absolute Gasteiger partial charge is 0.483 e. The SMILES string of the molecule is Cc1ccc(C(C)C)c(OCC(=O)NCC(C)Cn2nc(C)cc2C)c1. The number of ether oxygens (including phenoxy) is 1. The van der Waals surface area contributed by atoms with Crippen molar-refractivity contribution in [1.82, 2.24) is 15.1 Å². The van der Waals surface area contributed by atoms with Crippen LogP contribution in [0.25, 0.3) is 0 Å². The van der Waals surface area contributed by atoms with E-state index in [9.17, 15) is 4.79 Å². The van der Waals surface area contributed by atoms with Gasteiger partial charge in [-0.3, -0.25) is 9.48 Å². The molecule has 0 radical (unpaired) electrons. The highest BCUT2D eigenvalue weighted by Crippen LogP contribution is 2.27. The Hall–Kier alpha value is -2.30. The molecule has 1 atom stereocenters. The van der Waals surface area contributed by atoms with E-state index in [1.54, 1.807) is 0 Å². The second kappa shape index (κ2) is 8.88. The van der Waals surface area contributed by atoms with Gasteiger partial charge in [0.15, 0.2) is 6.61 Å². The smallest absolute Gasteiger partial charge is 0.257 e. The summed E-state index contributed by atoms with van der Waals surface area (Å²) < 4.78 is 7.77. The lowest BCUT2D eigenvalue weighted by atomic mass is 10.0. The maximum Gasteiger partial charge on any atom is 0.257 e. The summed E-state index contributed by atoms with van der Waals surface area (Å²) >= 11 is 0. The van der Waals surface area contributed by atoms with E-state index in [1.165, 1.54) is 0 Å². The Kier molecular flexibility index (Phi) is 6.83. The molecule has 5 heteroatoms. The number of nitrogens with zero attached hydrogens (tertiary/aromatic N) is 2. The predicted octanol–water partition coefficient (Wildman–Crippen LogP) is 3.76. The minimum Gasteiger partial charge on any atom is -0.483 e. The van der Waals surface area contributed by atoms with Crippen molar-refractivity contribution >= 4 is 5.91 Å². The van der Waals surface area contributed by atoms with Crippen LogP contribution in [0.15, 0.2) is 24.3 Å². The predicted molar refractivity (Wildman–Crippen MR) is 105 cm³/mol. The van der Waals surface area contributed by atoms with Crippen molar-refractivity contribution in [1.29, 1.82) is 0 Å². The minimum absolute atomic E-state index is 0.0375. The number of hydrogen-bond donors (Lipinski definition) is 1. The van der Waals surface area contributed by atoms with Crippen LogP contribution in [0.3, 0.4) is 0 Å². The van der Waals surface area contributed by atoms with Crippen molar-refractivity contribution in [3.05, 3.63) is 46.8 Å². The second-order valence-electron chi connectivity index (χ2n) is 7.50. The van der Waals surface area contributed by atoms with Gasteiger partial charge in [-0.25, -0.2) is 0 Å². The second-order valence-corrected chi connectivity index (χ2v) is 7.50. The van der Waals surface area contributed by atoms with Crippen LogP contribution >= 0.6 is 0 Å². The third-order valence-corrected chi connectivity index (χ3v) is 4.39. The lowest BCUT2D eigenvalue weighted by molar-refractivity contribution is -0.123. The minimum atomic E-state index is -0.0959. The molecule has 1 amide bonds. The summed E-state index contributed by atoms with van der Waals surface area (Å²) in [5.74, 6) is 1.35. The average Bonchev–Trinajstić information content (AvgIpc) is 2.88. The highest BCUT2D eigenvalue weighted by Gasteiger charge is 2.12. The molecule has 26 heavy (non-hydrogen) atoms. The molecule has 1 heterocycles. The number of benzene rings is 1. The van der Waals surface area contributed by atoms with Gasteiger partial charge in [0.25, 0.3) is 5.91 Å². The lowest BCUT2D eigenvalue weighted by Crippen LogP contribution is -2.33. The first-order valence-corrected chi connectivity index (χ1v) is 9.27. The van der Waals surface area contributed by atoms with Gasteiger partial charge in [-0.2, -0.15) is 5.10 Å². The number of nitrogens with one attached hydrogen (secondary N) is 1. The Morgan fingerprint density at radius 2 is 1.92 bits per heavy atom. The van der Waals surface area contributed by atoms with Crippen LogP contribution in [0.1, 0.15) is 49.2 Å². The molecule has 0 saturated heterocycles. The molecule has 5 nitrogen and oxygen atoms in total. The topological polar surface area (TPSA) is 56.1 Å². The van der Waals surface area contributed by atoms with E-state index in [-0.39, 0.29) is 12.5 Å². The van der Waals surface area contributed by atoms with E-state index in [4.69, 9.17) is 4.74 Å². The molecule has 0 saturated carbocycles. The van der Waals surface area contributed by atoms with Crippen LogP contribution in [0.2, 0.25) is 0 Å². The first kappa shape index (κ1) is 20.0. The standard InChI is InChI=1S/C21H31N3O2/c1-14(2)19-8-7-15(3)9-20(19)26-13-21(25)22-11-16(4)12-24-18(6)10-17(5)23-24/h7-10,14,16H,11-13H2,1-6H3,(H,22,25). The zero-order valence-corrected chi connectivity index (χ0v) is 16.8. The molecule has 1 unspecified atom stereocenters. The molecule has 0 spiro atoms. The number of aryl methyl sites for hydroxylation is 3. The van der Waals surface area contributed by atoms with E-state index < -0.39 is 0 Å². The van der Waals surface area contributed by atoms with Crippen LogP contribution in [0.5, 0.6) is 5.75 Å². The summed E-state index contributed by atoms with van der Waals surface area (Å²) in [4.78, 5) is 12.2. The lowest BCUT2D eigenvalue weighted by Gasteiger charge is -2.16. The fourth-order valence-electron chi connectivity index (χ4n) is 2.95. The first-order valence-electron chi connectivity index (χ1n) is 9.27. The molecule has 2 aromatic rings.